The first-order valence-electron chi connectivity index (χ1n) is 9.47. The Bertz CT molecular complexity index is 1270. The van der Waals surface area contributed by atoms with Crippen molar-refractivity contribution in [3.63, 3.8) is 0 Å². The van der Waals surface area contributed by atoms with Crippen LogP contribution in [-0.4, -0.2) is 30.9 Å². The second-order valence-corrected chi connectivity index (χ2v) is 9.72. The highest BCUT2D eigenvalue weighted by molar-refractivity contribution is 7.91. The lowest BCUT2D eigenvalue weighted by molar-refractivity contribution is 0.405. The van der Waals surface area contributed by atoms with E-state index in [9.17, 15) is 17.6 Å². The molecule has 1 aliphatic carbocycles. The van der Waals surface area contributed by atoms with Crippen LogP contribution in [0.15, 0.2) is 40.2 Å². The number of methoxy groups -OCH3 is 1. The molecular weight excluding hydrogens is 395 g/mol. The third kappa shape index (κ3) is 3.69. The molecule has 0 aliphatic heterocycles. The third-order valence-electron chi connectivity index (χ3n) is 5.47. The van der Waals surface area contributed by atoms with Crippen molar-refractivity contribution in [3.8, 4) is 17.0 Å². The molecule has 0 atom stereocenters. The van der Waals surface area contributed by atoms with Gasteiger partial charge in [-0.3, -0.25) is 4.79 Å². The molecule has 2 heterocycles. The molecule has 0 spiro atoms. The number of sulfone groups is 1. The van der Waals surface area contributed by atoms with Crippen LogP contribution in [0.25, 0.3) is 22.2 Å². The van der Waals surface area contributed by atoms with Crippen molar-refractivity contribution in [1.29, 1.82) is 0 Å². The van der Waals surface area contributed by atoms with Crippen LogP contribution < -0.4 is 10.3 Å². The molecule has 3 aromatic rings. The fraction of sp³-hybridized carbons (Fsp3) is 0.381. The van der Waals surface area contributed by atoms with E-state index in [1.807, 2.05) is 4.57 Å². The second kappa shape index (κ2) is 7.02. The highest BCUT2D eigenvalue weighted by atomic mass is 32.2. The Labute approximate surface area is 168 Å². The number of pyridine rings is 1. The predicted octanol–water partition coefficient (Wildman–Crippen LogP) is 3.36. The number of aryl methyl sites for hydroxylation is 2. The molecule has 154 valence electrons. The highest BCUT2D eigenvalue weighted by Crippen LogP contribution is 2.37. The van der Waals surface area contributed by atoms with Gasteiger partial charge in [0.05, 0.1) is 23.2 Å². The first-order chi connectivity index (χ1) is 13.7. The maximum Gasteiger partial charge on any atom is 0.292 e. The Kier molecular flexibility index (Phi) is 4.77. The van der Waals surface area contributed by atoms with Gasteiger partial charge in [-0.2, -0.15) is 0 Å². The quantitative estimate of drug-likeness (QED) is 0.616. The van der Waals surface area contributed by atoms with Crippen molar-refractivity contribution in [2.24, 2.45) is 13.0 Å². The minimum atomic E-state index is -3.62. The lowest BCUT2D eigenvalue weighted by Crippen LogP contribution is -2.18. The monoisotopic (exact) mass is 418 g/mol. The van der Waals surface area contributed by atoms with Crippen LogP contribution in [0.3, 0.4) is 0 Å². The van der Waals surface area contributed by atoms with Crippen LogP contribution in [0.4, 0.5) is 4.39 Å². The minimum Gasteiger partial charge on any atom is -0.491 e. The van der Waals surface area contributed by atoms with E-state index in [2.05, 4.69) is 0 Å². The number of benzene rings is 1. The van der Waals surface area contributed by atoms with E-state index in [1.54, 1.807) is 25.4 Å². The fourth-order valence-corrected chi connectivity index (χ4v) is 4.65. The van der Waals surface area contributed by atoms with Crippen molar-refractivity contribution in [2.45, 2.75) is 30.7 Å². The molecule has 1 fully saturated rings. The van der Waals surface area contributed by atoms with Crippen LogP contribution >= 0.6 is 0 Å². The van der Waals surface area contributed by atoms with Gasteiger partial charge in [-0.05, 0) is 36.6 Å². The molecule has 1 aliphatic rings. The lowest BCUT2D eigenvalue weighted by atomic mass is 10.2. The van der Waals surface area contributed by atoms with Gasteiger partial charge in [-0.1, -0.05) is 12.8 Å². The Morgan fingerprint density at radius 1 is 1.21 bits per heavy atom. The van der Waals surface area contributed by atoms with Crippen molar-refractivity contribution in [2.75, 3.05) is 13.4 Å². The normalized spacial score (nSPS) is 14.5. The van der Waals surface area contributed by atoms with Gasteiger partial charge in [0.1, 0.15) is 5.82 Å². The number of hydrogen-bond acceptors (Lipinski definition) is 4. The molecule has 0 amide bonds. The topological polar surface area (TPSA) is 70.3 Å². The molecule has 1 saturated carbocycles. The molecule has 0 N–H and O–H groups in total. The Morgan fingerprint density at radius 3 is 2.55 bits per heavy atom. The fourth-order valence-electron chi connectivity index (χ4n) is 3.76. The minimum absolute atomic E-state index is 0.0318. The molecular formula is C21H23FN2O4S. The largest absolute Gasteiger partial charge is 0.491 e. The van der Waals surface area contributed by atoms with Gasteiger partial charge >= 0.3 is 0 Å². The van der Waals surface area contributed by atoms with Gasteiger partial charge in [0.25, 0.3) is 5.56 Å². The lowest BCUT2D eigenvalue weighted by Gasteiger charge is -2.13. The van der Waals surface area contributed by atoms with Crippen molar-refractivity contribution in [1.82, 2.24) is 9.13 Å². The number of rotatable bonds is 6. The molecule has 0 unspecified atom stereocenters. The smallest absolute Gasteiger partial charge is 0.292 e. The van der Waals surface area contributed by atoms with Gasteiger partial charge < -0.3 is 13.9 Å². The summed E-state index contributed by atoms with van der Waals surface area (Å²) in [6.07, 6.45) is 6.07. The summed E-state index contributed by atoms with van der Waals surface area (Å²) in [6, 6.07) is 5.84. The number of ether oxygens (including phenoxy) is 1. The average Bonchev–Trinajstić information content (AvgIpc) is 3.41. The van der Waals surface area contributed by atoms with Crippen molar-refractivity contribution < 1.29 is 17.5 Å². The molecule has 2 aromatic heterocycles. The third-order valence-corrected chi connectivity index (χ3v) is 6.61. The predicted molar refractivity (Wildman–Crippen MR) is 110 cm³/mol. The first kappa shape index (κ1) is 19.7. The molecule has 6 nitrogen and oxygen atoms in total. The number of halogens is 1. The van der Waals surface area contributed by atoms with Crippen LogP contribution in [0.2, 0.25) is 0 Å². The number of aromatic nitrogens is 2. The maximum absolute atomic E-state index is 14.3. The number of hydrogen-bond donors (Lipinski definition) is 0. The summed E-state index contributed by atoms with van der Waals surface area (Å²) in [5, 5.41) is 0.479. The second-order valence-electron chi connectivity index (χ2n) is 7.74. The maximum atomic E-state index is 14.3. The Hall–Kier alpha value is -2.61. The molecule has 0 radical (unpaired) electrons. The summed E-state index contributed by atoms with van der Waals surface area (Å²) in [5.41, 5.74) is 1.70. The molecule has 8 heteroatoms. The zero-order chi connectivity index (χ0) is 20.9. The van der Waals surface area contributed by atoms with Crippen LogP contribution in [0.1, 0.15) is 19.3 Å². The zero-order valence-electron chi connectivity index (χ0n) is 16.6. The van der Waals surface area contributed by atoms with Crippen LogP contribution in [-0.2, 0) is 23.4 Å². The SMILES string of the molecule is COc1cc(-c2cc3c(S(C)(=O)=O)cc(F)cc3n2CCC2CC2)cn(C)c1=O. The van der Waals surface area contributed by atoms with Gasteiger partial charge in [-0.15, -0.1) is 0 Å². The summed E-state index contributed by atoms with van der Waals surface area (Å²) in [7, 11) is -0.554. The van der Waals surface area contributed by atoms with Gasteiger partial charge in [0.2, 0.25) is 0 Å². The molecule has 4 rings (SSSR count). The van der Waals surface area contributed by atoms with E-state index in [-0.39, 0.29) is 16.2 Å². The molecule has 0 bridgehead atoms. The summed E-state index contributed by atoms with van der Waals surface area (Å²) in [4.78, 5) is 12.2. The number of fused-ring (bicyclic) bond motifs is 1. The molecule has 1 aromatic carbocycles. The summed E-state index contributed by atoms with van der Waals surface area (Å²) >= 11 is 0. The van der Waals surface area contributed by atoms with E-state index < -0.39 is 15.7 Å². The summed E-state index contributed by atoms with van der Waals surface area (Å²) in [6.45, 7) is 0.640. The van der Waals surface area contributed by atoms with E-state index in [1.165, 1.54) is 30.6 Å². The van der Waals surface area contributed by atoms with E-state index in [0.29, 0.717) is 28.9 Å². The first-order valence-corrected chi connectivity index (χ1v) is 11.4. The van der Waals surface area contributed by atoms with E-state index in [0.717, 1.165) is 24.4 Å². The standard InChI is InChI=1S/C21H23FN2O4S/c1-23-12-14(8-19(28-2)21(23)25)17-11-16-18(24(17)7-6-13-4-5-13)9-15(22)10-20(16)29(3,26)27/h8-13H,4-7H2,1-3H3. The van der Waals surface area contributed by atoms with E-state index >= 15 is 0 Å². The summed E-state index contributed by atoms with van der Waals surface area (Å²) < 4.78 is 47.5. The van der Waals surface area contributed by atoms with Crippen LogP contribution in [0, 0.1) is 11.7 Å². The molecule has 29 heavy (non-hydrogen) atoms. The van der Waals surface area contributed by atoms with E-state index in [4.69, 9.17) is 4.74 Å². The number of nitrogens with zero attached hydrogens (tertiary/aromatic N) is 2. The van der Waals surface area contributed by atoms with Gasteiger partial charge in [0, 0.05) is 37.0 Å². The molecule has 0 saturated heterocycles. The van der Waals surface area contributed by atoms with Crippen molar-refractivity contribution >= 4 is 20.7 Å². The Balaban J connectivity index is 2.01. The van der Waals surface area contributed by atoms with Gasteiger partial charge in [0.15, 0.2) is 15.6 Å². The van der Waals surface area contributed by atoms with Crippen molar-refractivity contribution in [3.05, 3.63) is 46.6 Å². The van der Waals surface area contributed by atoms with Crippen LogP contribution in [0.5, 0.6) is 5.75 Å². The highest BCUT2D eigenvalue weighted by Gasteiger charge is 2.24. The van der Waals surface area contributed by atoms with Gasteiger partial charge in [-0.25, -0.2) is 12.8 Å². The average molecular weight is 418 g/mol. The zero-order valence-corrected chi connectivity index (χ0v) is 17.4. The summed E-state index contributed by atoms with van der Waals surface area (Å²) in [5.74, 6) is 0.254. The Morgan fingerprint density at radius 2 is 1.93 bits per heavy atom.